The summed E-state index contributed by atoms with van der Waals surface area (Å²) in [5.74, 6) is 3.51. The Morgan fingerprint density at radius 3 is 2.05 bits per heavy atom. The zero-order chi connectivity index (χ0) is 16.0. The first-order chi connectivity index (χ1) is 9.06. The van der Waals surface area contributed by atoms with E-state index >= 15 is 0 Å². The highest BCUT2D eigenvalue weighted by molar-refractivity contribution is 6.73. The van der Waals surface area contributed by atoms with Gasteiger partial charge in [-0.2, -0.15) is 0 Å². The van der Waals surface area contributed by atoms with Gasteiger partial charge in [0, 0.05) is 0 Å². The topological polar surface area (TPSA) is 9.23 Å². The Hall–Kier alpha value is -0.263. The molecule has 2 heteroatoms. The van der Waals surface area contributed by atoms with E-state index in [0.717, 1.165) is 6.42 Å². The third-order valence-electron chi connectivity index (χ3n) is 4.05. The van der Waals surface area contributed by atoms with E-state index in [-0.39, 0.29) is 11.5 Å². The lowest BCUT2D eigenvalue weighted by atomic mass is 9.85. The summed E-state index contributed by atoms with van der Waals surface area (Å²) < 4.78 is 6.49. The van der Waals surface area contributed by atoms with E-state index in [4.69, 9.17) is 10.8 Å². The molecule has 0 heterocycles. The van der Waals surface area contributed by atoms with Gasteiger partial charge in [0.25, 0.3) is 0 Å². The van der Waals surface area contributed by atoms with Crippen molar-refractivity contribution in [1.29, 1.82) is 0 Å². The Morgan fingerprint density at radius 2 is 1.70 bits per heavy atom. The van der Waals surface area contributed by atoms with Crippen LogP contribution in [0.25, 0.3) is 0 Å². The molecule has 20 heavy (non-hydrogen) atoms. The van der Waals surface area contributed by atoms with Gasteiger partial charge in [-0.05, 0) is 42.8 Å². The van der Waals surface area contributed by atoms with Gasteiger partial charge in [-0.3, -0.25) is 0 Å². The third-order valence-corrected chi connectivity index (χ3v) is 7.97. The molecule has 0 amide bonds. The van der Waals surface area contributed by atoms with Crippen LogP contribution >= 0.6 is 0 Å². The van der Waals surface area contributed by atoms with Crippen molar-refractivity contribution in [3.8, 4) is 12.3 Å². The molecule has 0 N–H and O–H groups in total. The Balaban J connectivity index is 4.87. The molecule has 1 nitrogen and oxygen atoms in total. The van der Waals surface area contributed by atoms with Crippen molar-refractivity contribution in [2.45, 2.75) is 92.0 Å². The molecule has 0 aliphatic rings. The lowest BCUT2D eigenvalue weighted by Gasteiger charge is -2.44. The van der Waals surface area contributed by atoms with Gasteiger partial charge >= 0.3 is 0 Å². The monoisotopic (exact) mass is 296 g/mol. The minimum absolute atomic E-state index is 0.00631. The van der Waals surface area contributed by atoms with E-state index in [1.165, 1.54) is 19.3 Å². The Kier molecular flexibility index (Phi) is 8.14. The zero-order valence-electron chi connectivity index (χ0n) is 15.0. The summed E-state index contributed by atoms with van der Waals surface area (Å²) in [5.41, 5.74) is 0.879. The summed E-state index contributed by atoms with van der Waals surface area (Å²) in [7, 11) is -1.82. The molecule has 0 fully saturated rings. The number of unbranched alkanes of at least 4 members (excludes halogenated alkanes) is 2. The maximum Gasteiger partial charge on any atom is 0.192 e. The van der Waals surface area contributed by atoms with Gasteiger partial charge in [0.1, 0.15) is 6.10 Å². The van der Waals surface area contributed by atoms with Gasteiger partial charge in [0.2, 0.25) is 0 Å². The van der Waals surface area contributed by atoms with E-state index in [1.54, 1.807) is 0 Å². The molecule has 0 spiro atoms. The lowest BCUT2D eigenvalue weighted by Crippen LogP contribution is -2.47. The van der Waals surface area contributed by atoms with Crippen molar-refractivity contribution in [3.63, 3.8) is 0 Å². The first kappa shape index (κ1) is 19.7. The van der Waals surface area contributed by atoms with E-state index < -0.39 is 8.32 Å². The van der Waals surface area contributed by atoms with Crippen molar-refractivity contribution in [1.82, 2.24) is 0 Å². The van der Waals surface area contributed by atoms with Crippen LogP contribution in [0, 0.1) is 23.7 Å². The molecule has 0 saturated carbocycles. The molecule has 0 aliphatic heterocycles. The molecule has 0 aliphatic carbocycles. The summed E-state index contributed by atoms with van der Waals surface area (Å²) in [4.78, 5) is 0. The highest BCUT2D eigenvalue weighted by Crippen LogP contribution is 2.45. The number of hydrogen-bond acceptors (Lipinski definition) is 1. The quantitative estimate of drug-likeness (QED) is 0.309. The number of rotatable bonds is 8. The Labute approximate surface area is 129 Å². The van der Waals surface area contributed by atoms with Crippen LogP contribution in [0.4, 0.5) is 0 Å². The Bertz CT molecular complexity index is 306. The van der Waals surface area contributed by atoms with Crippen LogP contribution in [0.15, 0.2) is 0 Å². The van der Waals surface area contributed by atoms with E-state index in [2.05, 4.69) is 60.6 Å². The maximum atomic E-state index is 6.49. The first-order valence-electron chi connectivity index (χ1n) is 8.20. The number of hydrogen-bond donors (Lipinski definition) is 0. The second kappa shape index (κ2) is 8.25. The van der Waals surface area contributed by atoms with Crippen molar-refractivity contribution in [3.05, 3.63) is 0 Å². The average Bonchev–Trinajstić information content (AvgIpc) is 2.24. The summed E-state index contributed by atoms with van der Waals surface area (Å²) in [6.45, 7) is 18.5. The summed E-state index contributed by atoms with van der Waals surface area (Å²) in [6, 6.07) is 0. The molecule has 2 atom stereocenters. The van der Waals surface area contributed by atoms with Crippen molar-refractivity contribution < 1.29 is 4.43 Å². The van der Waals surface area contributed by atoms with Crippen LogP contribution in [0.5, 0.6) is 0 Å². The molecule has 0 aromatic heterocycles. The number of terminal acetylenes is 1. The van der Waals surface area contributed by atoms with E-state index in [9.17, 15) is 0 Å². The molecule has 0 radical (unpaired) electrons. The zero-order valence-corrected chi connectivity index (χ0v) is 16.0. The van der Waals surface area contributed by atoms with Gasteiger partial charge in [-0.1, -0.05) is 60.3 Å². The molecular weight excluding hydrogens is 260 g/mol. The van der Waals surface area contributed by atoms with Gasteiger partial charge in [0.05, 0.1) is 0 Å². The third kappa shape index (κ3) is 6.46. The fourth-order valence-corrected chi connectivity index (χ4v) is 8.80. The van der Waals surface area contributed by atoms with Crippen LogP contribution in [-0.4, -0.2) is 14.4 Å². The maximum absolute atomic E-state index is 6.49. The van der Waals surface area contributed by atoms with Gasteiger partial charge < -0.3 is 4.43 Å². The molecular formula is C18H36OSi. The highest BCUT2D eigenvalue weighted by atomic mass is 28.4. The second-order valence-electron chi connectivity index (χ2n) is 7.96. The molecule has 0 saturated heterocycles. The highest BCUT2D eigenvalue weighted by Gasteiger charge is 2.44. The fourth-order valence-electron chi connectivity index (χ4n) is 4.04. The van der Waals surface area contributed by atoms with Crippen LogP contribution in [0.2, 0.25) is 18.6 Å². The molecule has 0 aromatic rings. The van der Waals surface area contributed by atoms with Gasteiger partial charge in [0.15, 0.2) is 8.32 Å². The van der Waals surface area contributed by atoms with Gasteiger partial charge in [-0.25, -0.2) is 0 Å². The SMILES string of the molecule is C#C[C@H](CCCCC)O[Si](C)(C)C(C(C)C)C(C)(C)C. The van der Waals surface area contributed by atoms with Crippen LogP contribution in [-0.2, 0) is 4.43 Å². The molecule has 0 bridgehead atoms. The largest absolute Gasteiger partial charge is 0.404 e. The van der Waals surface area contributed by atoms with Crippen LogP contribution in [0.3, 0.4) is 0 Å². The molecule has 0 aromatic carbocycles. The first-order valence-corrected chi connectivity index (χ1v) is 11.2. The standard InChI is InChI=1S/C18H36OSi/c1-10-12-13-14-16(11-2)19-20(8,9)17(15(3)4)18(5,6)7/h2,15-17H,10,12-14H2,1,3-9H3/t16-,17?/m1/s1. The van der Waals surface area contributed by atoms with Crippen molar-refractivity contribution >= 4 is 8.32 Å². The summed E-state index contributed by atoms with van der Waals surface area (Å²) in [6.07, 6.45) is 10.4. The second-order valence-corrected chi connectivity index (χ2v) is 12.0. The molecule has 118 valence electrons. The van der Waals surface area contributed by atoms with E-state index in [0.29, 0.717) is 11.5 Å². The van der Waals surface area contributed by atoms with Crippen molar-refractivity contribution in [2.75, 3.05) is 0 Å². The lowest BCUT2D eigenvalue weighted by molar-refractivity contribution is 0.195. The summed E-state index contributed by atoms with van der Waals surface area (Å²) in [5, 5.41) is 0. The Morgan fingerprint density at radius 1 is 1.15 bits per heavy atom. The average molecular weight is 297 g/mol. The molecule has 1 unspecified atom stereocenters. The predicted octanol–water partition coefficient (Wildman–Crippen LogP) is 5.86. The van der Waals surface area contributed by atoms with E-state index in [1.807, 2.05) is 0 Å². The minimum Gasteiger partial charge on any atom is -0.404 e. The summed E-state index contributed by atoms with van der Waals surface area (Å²) >= 11 is 0. The predicted molar refractivity (Wildman–Crippen MR) is 93.4 cm³/mol. The normalized spacial score (nSPS) is 16.0. The minimum atomic E-state index is -1.82. The van der Waals surface area contributed by atoms with Gasteiger partial charge in [-0.15, -0.1) is 6.42 Å². The smallest absolute Gasteiger partial charge is 0.192 e. The molecule has 0 rings (SSSR count). The van der Waals surface area contributed by atoms with Crippen molar-refractivity contribution in [2.24, 2.45) is 11.3 Å². The fraction of sp³-hybridized carbons (Fsp3) is 0.889. The van der Waals surface area contributed by atoms with Crippen LogP contribution in [0.1, 0.15) is 67.2 Å². The van der Waals surface area contributed by atoms with Crippen LogP contribution < -0.4 is 0 Å².